The Kier molecular flexibility index (Phi) is 8.67. The molecule has 0 aliphatic carbocycles. The van der Waals surface area contributed by atoms with Gasteiger partial charge < -0.3 is 10.2 Å². The van der Waals surface area contributed by atoms with E-state index in [0.29, 0.717) is 12.3 Å². The molecule has 114 valence electrons. The third kappa shape index (κ3) is 6.62. The maximum absolute atomic E-state index is 12.2. The number of hydrogen-bond donors (Lipinski definition) is 1. The molecule has 0 saturated carbocycles. The second-order valence-electron chi connectivity index (χ2n) is 6.41. The summed E-state index contributed by atoms with van der Waals surface area (Å²) in [7, 11) is 2.01. The van der Waals surface area contributed by atoms with Crippen LogP contribution in [0.2, 0.25) is 0 Å². The molecule has 1 aliphatic heterocycles. The average Bonchev–Trinajstić information content (AvgIpc) is 2.36. The zero-order valence-electron chi connectivity index (χ0n) is 13.0. The molecule has 1 N–H and O–H groups in total. The van der Waals surface area contributed by atoms with Crippen LogP contribution in [0.5, 0.6) is 0 Å². The van der Waals surface area contributed by atoms with E-state index in [9.17, 15) is 4.79 Å². The highest BCUT2D eigenvalue weighted by molar-refractivity contribution is 5.85. The first-order chi connectivity index (χ1) is 8.48. The van der Waals surface area contributed by atoms with Gasteiger partial charge in [-0.1, -0.05) is 27.2 Å². The smallest absolute Gasteiger partial charge is 0.223 e. The van der Waals surface area contributed by atoms with Crippen LogP contribution in [0.1, 0.15) is 52.9 Å². The number of nitrogens with zero attached hydrogens (tertiary/aromatic N) is 1. The summed E-state index contributed by atoms with van der Waals surface area (Å²) in [5, 5.41) is 3.21. The Hall–Kier alpha value is -0.280. The van der Waals surface area contributed by atoms with Crippen molar-refractivity contribution in [2.24, 2.45) is 11.3 Å². The Labute approximate surface area is 124 Å². The fourth-order valence-electron chi connectivity index (χ4n) is 2.47. The Morgan fingerprint density at radius 1 is 1.32 bits per heavy atom. The van der Waals surface area contributed by atoms with Gasteiger partial charge in [-0.15, -0.1) is 12.4 Å². The van der Waals surface area contributed by atoms with E-state index in [1.54, 1.807) is 0 Å². The first-order valence-electron chi connectivity index (χ1n) is 7.41. The molecule has 0 radical (unpaired) electrons. The number of amides is 1. The van der Waals surface area contributed by atoms with Gasteiger partial charge in [0, 0.05) is 19.5 Å². The van der Waals surface area contributed by atoms with E-state index in [0.717, 1.165) is 32.0 Å². The van der Waals surface area contributed by atoms with Gasteiger partial charge in [0.1, 0.15) is 0 Å². The summed E-state index contributed by atoms with van der Waals surface area (Å²) >= 11 is 0. The summed E-state index contributed by atoms with van der Waals surface area (Å²) in [6.45, 7) is 9.56. The summed E-state index contributed by atoms with van der Waals surface area (Å²) < 4.78 is 0. The summed E-state index contributed by atoms with van der Waals surface area (Å²) in [6, 6.07) is 0. The van der Waals surface area contributed by atoms with Crippen LogP contribution < -0.4 is 5.32 Å². The zero-order chi connectivity index (χ0) is 13.6. The molecule has 1 saturated heterocycles. The number of carbonyl (C=O) groups is 1. The topological polar surface area (TPSA) is 32.3 Å². The van der Waals surface area contributed by atoms with E-state index >= 15 is 0 Å². The summed E-state index contributed by atoms with van der Waals surface area (Å²) in [4.78, 5) is 14.3. The molecule has 0 aromatic carbocycles. The standard InChI is InChI=1S/C15H30N2O.ClH/c1-5-15(2,3)12-14(18)17-10-7-13(8-11-17)6-9-16-4;/h13,16H,5-12H2,1-4H3;1H. The highest BCUT2D eigenvalue weighted by Gasteiger charge is 2.26. The minimum atomic E-state index is 0. The van der Waals surface area contributed by atoms with Gasteiger partial charge in [-0.05, 0) is 44.2 Å². The van der Waals surface area contributed by atoms with Crippen molar-refractivity contribution in [3.8, 4) is 0 Å². The molecule has 1 fully saturated rings. The van der Waals surface area contributed by atoms with E-state index in [2.05, 4.69) is 31.0 Å². The monoisotopic (exact) mass is 290 g/mol. The normalized spacial score (nSPS) is 17.2. The SMILES string of the molecule is CCC(C)(C)CC(=O)N1CCC(CCNC)CC1.Cl. The molecular formula is C15H31ClN2O. The molecule has 0 spiro atoms. The van der Waals surface area contributed by atoms with Gasteiger partial charge in [0.2, 0.25) is 5.91 Å². The van der Waals surface area contributed by atoms with Crippen molar-refractivity contribution in [3.05, 3.63) is 0 Å². The maximum Gasteiger partial charge on any atom is 0.223 e. The van der Waals surface area contributed by atoms with E-state index in [-0.39, 0.29) is 17.8 Å². The first kappa shape index (κ1) is 18.7. The second-order valence-corrected chi connectivity index (χ2v) is 6.41. The van der Waals surface area contributed by atoms with Crippen LogP contribution >= 0.6 is 12.4 Å². The van der Waals surface area contributed by atoms with E-state index in [1.165, 1.54) is 19.3 Å². The van der Waals surface area contributed by atoms with Gasteiger partial charge in [-0.2, -0.15) is 0 Å². The zero-order valence-corrected chi connectivity index (χ0v) is 13.8. The lowest BCUT2D eigenvalue weighted by Gasteiger charge is -2.34. The van der Waals surface area contributed by atoms with Crippen molar-refractivity contribution < 1.29 is 4.79 Å². The number of nitrogens with one attached hydrogen (secondary N) is 1. The number of rotatable bonds is 6. The van der Waals surface area contributed by atoms with Gasteiger partial charge >= 0.3 is 0 Å². The van der Waals surface area contributed by atoms with E-state index in [4.69, 9.17) is 0 Å². The molecule has 0 aromatic rings. The van der Waals surface area contributed by atoms with Crippen molar-refractivity contribution in [2.45, 2.75) is 52.9 Å². The first-order valence-corrected chi connectivity index (χ1v) is 7.41. The quantitative estimate of drug-likeness (QED) is 0.815. The highest BCUT2D eigenvalue weighted by atomic mass is 35.5. The number of hydrogen-bond acceptors (Lipinski definition) is 2. The molecule has 0 bridgehead atoms. The van der Waals surface area contributed by atoms with Crippen LogP contribution in [0, 0.1) is 11.3 Å². The van der Waals surface area contributed by atoms with Crippen molar-refractivity contribution >= 4 is 18.3 Å². The van der Waals surface area contributed by atoms with Crippen LogP contribution in [0.3, 0.4) is 0 Å². The fraction of sp³-hybridized carbons (Fsp3) is 0.933. The van der Waals surface area contributed by atoms with Crippen LogP contribution in [0.4, 0.5) is 0 Å². The van der Waals surface area contributed by atoms with Gasteiger partial charge in [-0.3, -0.25) is 4.79 Å². The number of carbonyl (C=O) groups excluding carboxylic acids is 1. The van der Waals surface area contributed by atoms with Gasteiger partial charge in [0.05, 0.1) is 0 Å². The van der Waals surface area contributed by atoms with Gasteiger partial charge in [0.25, 0.3) is 0 Å². The minimum Gasteiger partial charge on any atom is -0.343 e. The third-order valence-electron chi connectivity index (χ3n) is 4.36. The Bertz CT molecular complexity index is 261. The number of piperidine rings is 1. The van der Waals surface area contributed by atoms with Gasteiger partial charge in [0.15, 0.2) is 0 Å². The molecule has 0 atom stereocenters. The Balaban J connectivity index is 0.00000324. The molecule has 1 heterocycles. The minimum absolute atomic E-state index is 0. The number of halogens is 1. The highest BCUT2D eigenvalue weighted by Crippen LogP contribution is 2.27. The van der Waals surface area contributed by atoms with Gasteiger partial charge in [-0.25, -0.2) is 0 Å². The third-order valence-corrected chi connectivity index (χ3v) is 4.36. The van der Waals surface area contributed by atoms with Crippen molar-refractivity contribution in [1.29, 1.82) is 0 Å². The molecule has 19 heavy (non-hydrogen) atoms. The predicted octanol–water partition coefficient (Wildman–Crippen LogP) is 3.08. The van der Waals surface area contributed by atoms with Crippen LogP contribution in [0.15, 0.2) is 0 Å². The lowest BCUT2D eigenvalue weighted by Crippen LogP contribution is -2.40. The largest absolute Gasteiger partial charge is 0.343 e. The molecular weight excluding hydrogens is 260 g/mol. The van der Waals surface area contributed by atoms with Crippen LogP contribution in [-0.2, 0) is 4.79 Å². The molecule has 0 unspecified atom stereocenters. The van der Waals surface area contributed by atoms with Crippen molar-refractivity contribution in [1.82, 2.24) is 10.2 Å². The molecule has 1 aliphatic rings. The predicted molar refractivity (Wildman–Crippen MR) is 83.8 cm³/mol. The van der Waals surface area contributed by atoms with Crippen LogP contribution in [0.25, 0.3) is 0 Å². The lowest BCUT2D eigenvalue weighted by molar-refractivity contribution is -0.134. The van der Waals surface area contributed by atoms with Crippen LogP contribution in [-0.4, -0.2) is 37.5 Å². The van der Waals surface area contributed by atoms with E-state index in [1.807, 2.05) is 7.05 Å². The Morgan fingerprint density at radius 2 is 1.89 bits per heavy atom. The second kappa shape index (κ2) is 8.80. The molecule has 1 amide bonds. The van der Waals surface area contributed by atoms with E-state index < -0.39 is 0 Å². The molecule has 0 aromatic heterocycles. The van der Waals surface area contributed by atoms with Crippen molar-refractivity contribution in [2.75, 3.05) is 26.7 Å². The fourth-order valence-corrected chi connectivity index (χ4v) is 2.47. The molecule has 3 nitrogen and oxygen atoms in total. The molecule has 4 heteroatoms. The van der Waals surface area contributed by atoms with Crippen molar-refractivity contribution in [3.63, 3.8) is 0 Å². The lowest BCUT2D eigenvalue weighted by atomic mass is 9.85. The average molecular weight is 291 g/mol. The summed E-state index contributed by atoms with van der Waals surface area (Å²) in [6.07, 6.45) is 5.38. The summed E-state index contributed by atoms with van der Waals surface area (Å²) in [5.74, 6) is 1.16. The number of likely N-dealkylation sites (tertiary alicyclic amines) is 1. The molecule has 1 rings (SSSR count). The Morgan fingerprint density at radius 3 is 2.37 bits per heavy atom. The summed E-state index contributed by atoms with van der Waals surface area (Å²) in [5.41, 5.74) is 0.153. The maximum atomic E-state index is 12.2.